The zero-order valence-electron chi connectivity index (χ0n) is 16.8. The van der Waals surface area contributed by atoms with Crippen LogP contribution in [0.2, 0.25) is 0 Å². The molecule has 1 rings (SSSR count). The Morgan fingerprint density at radius 1 is 0.609 bits per heavy atom. The molecule has 0 bridgehead atoms. The lowest BCUT2D eigenvalue weighted by atomic mass is 9.63. The molecule has 0 atom stereocenters. The molecule has 1 aliphatic rings. The van der Waals surface area contributed by atoms with Crippen LogP contribution in [0.15, 0.2) is 0 Å². The molecule has 0 aromatic heterocycles. The molecule has 1 nitrogen and oxygen atoms in total. The van der Waals surface area contributed by atoms with Gasteiger partial charge >= 0.3 is 0 Å². The van der Waals surface area contributed by atoms with Crippen LogP contribution in [0.1, 0.15) is 111 Å². The van der Waals surface area contributed by atoms with Crippen LogP contribution in [0.4, 0.5) is 0 Å². The SMILES string of the molecule is C.C.CC(C)(C)C(=O)C(C)(C)C.CC(C)(C)C1(C(C)(C)C)CC1. The van der Waals surface area contributed by atoms with E-state index in [1.165, 1.54) is 12.8 Å². The summed E-state index contributed by atoms with van der Waals surface area (Å²) >= 11 is 0. The molecule has 0 saturated heterocycles. The highest BCUT2D eigenvalue weighted by molar-refractivity contribution is 5.88. The van der Waals surface area contributed by atoms with Gasteiger partial charge in [-0.3, -0.25) is 4.79 Å². The lowest BCUT2D eigenvalue weighted by Gasteiger charge is -2.41. The van der Waals surface area contributed by atoms with Crippen molar-refractivity contribution in [3.05, 3.63) is 0 Å². The molecule has 0 radical (unpaired) electrons. The van der Waals surface area contributed by atoms with Gasteiger partial charge in [0.15, 0.2) is 0 Å². The summed E-state index contributed by atoms with van der Waals surface area (Å²) in [6.07, 6.45) is 2.86. The normalized spacial score (nSPS) is 17.0. The van der Waals surface area contributed by atoms with E-state index in [0.29, 0.717) is 22.0 Å². The predicted octanol–water partition coefficient (Wildman–Crippen LogP) is 7.78. The van der Waals surface area contributed by atoms with Crippen molar-refractivity contribution in [3.8, 4) is 0 Å². The van der Waals surface area contributed by atoms with E-state index in [2.05, 4.69) is 41.5 Å². The Morgan fingerprint density at radius 3 is 0.826 bits per heavy atom. The van der Waals surface area contributed by atoms with Crippen molar-refractivity contribution in [1.82, 2.24) is 0 Å². The fourth-order valence-electron chi connectivity index (χ4n) is 3.88. The third-order valence-electron chi connectivity index (χ3n) is 4.98. The van der Waals surface area contributed by atoms with Crippen LogP contribution in [0, 0.1) is 27.1 Å². The fraction of sp³-hybridized carbons (Fsp3) is 0.955. The van der Waals surface area contributed by atoms with Crippen LogP contribution in [0.3, 0.4) is 0 Å². The average molecular weight is 329 g/mol. The van der Waals surface area contributed by atoms with Crippen LogP contribution in [0.5, 0.6) is 0 Å². The lowest BCUT2D eigenvalue weighted by Crippen LogP contribution is -2.34. The summed E-state index contributed by atoms with van der Waals surface area (Å²) in [7, 11) is 0. The van der Waals surface area contributed by atoms with Gasteiger partial charge in [-0.25, -0.2) is 0 Å². The maximum Gasteiger partial charge on any atom is 0.143 e. The second-order valence-corrected chi connectivity index (χ2v) is 10.9. The van der Waals surface area contributed by atoms with E-state index in [9.17, 15) is 4.79 Å². The first-order valence-corrected chi connectivity index (χ1v) is 8.41. The lowest BCUT2D eigenvalue weighted by molar-refractivity contribution is -0.134. The van der Waals surface area contributed by atoms with Gasteiger partial charge in [-0.1, -0.05) is 97.9 Å². The topological polar surface area (TPSA) is 17.1 Å². The number of carbonyl (C=O) groups is 1. The molecule has 0 heterocycles. The number of hydrogen-bond acceptors (Lipinski definition) is 1. The summed E-state index contributed by atoms with van der Waals surface area (Å²) in [4.78, 5) is 11.5. The minimum Gasteiger partial charge on any atom is -0.299 e. The maximum absolute atomic E-state index is 11.5. The molecule has 0 unspecified atom stereocenters. The summed E-state index contributed by atoms with van der Waals surface area (Å²) in [6, 6.07) is 0. The predicted molar refractivity (Wildman–Crippen MR) is 108 cm³/mol. The first-order valence-electron chi connectivity index (χ1n) is 8.41. The van der Waals surface area contributed by atoms with Crippen molar-refractivity contribution in [2.24, 2.45) is 27.1 Å². The number of carbonyl (C=O) groups excluding carboxylic acids is 1. The minimum atomic E-state index is -0.196. The van der Waals surface area contributed by atoms with Gasteiger partial charge in [-0.2, -0.15) is 0 Å². The van der Waals surface area contributed by atoms with E-state index in [1.54, 1.807) is 0 Å². The number of ketones is 1. The summed E-state index contributed by atoms with van der Waals surface area (Å²) in [5, 5.41) is 0. The Balaban J connectivity index is -0.000000322. The monoisotopic (exact) mass is 328 g/mol. The molecule has 0 amide bonds. The zero-order valence-corrected chi connectivity index (χ0v) is 16.8. The number of Topliss-reactive ketones (excluding diaryl/α,β-unsaturated/α-hetero) is 1. The van der Waals surface area contributed by atoms with Crippen molar-refractivity contribution in [2.75, 3.05) is 0 Å². The van der Waals surface area contributed by atoms with Gasteiger partial charge in [0.05, 0.1) is 0 Å². The molecular formula is C22H48O. The Labute approximate surface area is 149 Å². The van der Waals surface area contributed by atoms with Gasteiger partial charge in [0.2, 0.25) is 0 Å². The van der Waals surface area contributed by atoms with Crippen LogP contribution in [-0.4, -0.2) is 5.78 Å². The second-order valence-electron chi connectivity index (χ2n) is 10.9. The molecule has 1 aliphatic carbocycles. The number of rotatable bonds is 0. The molecule has 1 fully saturated rings. The molecule has 0 aliphatic heterocycles. The summed E-state index contributed by atoms with van der Waals surface area (Å²) < 4.78 is 0. The molecule has 1 heteroatoms. The Bertz CT molecular complexity index is 325. The van der Waals surface area contributed by atoms with E-state index in [0.717, 1.165) is 0 Å². The highest BCUT2D eigenvalue weighted by atomic mass is 16.1. The molecule has 0 aromatic rings. The Hall–Kier alpha value is -0.330. The van der Waals surface area contributed by atoms with Crippen molar-refractivity contribution in [3.63, 3.8) is 0 Å². The van der Waals surface area contributed by atoms with E-state index < -0.39 is 0 Å². The van der Waals surface area contributed by atoms with Crippen molar-refractivity contribution >= 4 is 5.78 Å². The quantitative estimate of drug-likeness (QED) is 0.443. The highest BCUT2D eigenvalue weighted by Crippen LogP contribution is 2.67. The van der Waals surface area contributed by atoms with Crippen LogP contribution in [0.25, 0.3) is 0 Å². The largest absolute Gasteiger partial charge is 0.299 e. The average Bonchev–Trinajstić information content (AvgIpc) is 2.91. The second kappa shape index (κ2) is 7.70. The third kappa shape index (κ3) is 6.98. The standard InChI is InChI=1S/C11H22.C9H18O.2CH4/c1-9(2,3)11(7-8-11)10(4,5)6;1-8(2,3)7(10)9(4,5)6;;/h7-8H2,1-6H3;1-6H3;2*1H4. The summed E-state index contributed by atoms with van der Waals surface area (Å²) in [5.74, 6) is 0.319. The Morgan fingerprint density at radius 2 is 0.826 bits per heavy atom. The molecule has 1 saturated carbocycles. The van der Waals surface area contributed by atoms with E-state index in [1.807, 2.05) is 41.5 Å². The van der Waals surface area contributed by atoms with Crippen LogP contribution < -0.4 is 0 Å². The molecule has 23 heavy (non-hydrogen) atoms. The van der Waals surface area contributed by atoms with Crippen LogP contribution >= 0.6 is 0 Å². The van der Waals surface area contributed by atoms with Gasteiger partial charge in [0.25, 0.3) is 0 Å². The van der Waals surface area contributed by atoms with E-state index in [4.69, 9.17) is 0 Å². The third-order valence-corrected chi connectivity index (χ3v) is 4.98. The molecule has 0 aromatic carbocycles. The van der Waals surface area contributed by atoms with Crippen molar-refractivity contribution in [2.45, 2.75) is 111 Å². The first-order chi connectivity index (χ1) is 8.86. The van der Waals surface area contributed by atoms with Gasteiger partial charge in [-0.05, 0) is 29.1 Å². The summed E-state index contributed by atoms with van der Waals surface area (Å²) in [5.41, 5.74) is 1.22. The van der Waals surface area contributed by atoms with Gasteiger partial charge in [0.1, 0.15) is 5.78 Å². The van der Waals surface area contributed by atoms with Gasteiger partial charge in [-0.15, -0.1) is 0 Å². The van der Waals surface area contributed by atoms with E-state index >= 15 is 0 Å². The Kier molecular flexibility index (Phi) is 9.21. The molecule has 0 spiro atoms. The van der Waals surface area contributed by atoms with Gasteiger partial charge < -0.3 is 0 Å². The van der Waals surface area contributed by atoms with E-state index in [-0.39, 0.29) is 25.7 Å². The minimum absolute atomic E-state index is 0. The summed E-state index contributed by atoms with van der Waals surface area (Å²) in [6.45, 7) is 26.0. The highest BCUT2D eigenvalue weighted by Gasteiger charge is 2.58. The molecular weight excluding hydrogens is 280 g/mol. The van der Waals surface area contributed by atoms with Crippen molar-refractivity contribution in [1.29, 1.82) is 0 Å². The van der Waals surface area contributed by atoms with Crippen molar-refractivity contribution < 1.29 is 4.79 Å². The molecule has 0 N–H and O–H groups in total. The number of hydrogen-bond donors (Lipinski definition) is 0. The van der Waals surface area contributed by atoms with Crippen LogP contribution in [-0.2, 0) is 4.79 Å². The fourth-order valence-corrected chi connectivity index (χ4v) is 3.88. The first kappa shape index (κ1) is 27.5. The van der Waals surface area contributed by atoms with Gasteiger partial charge in [0, 0.05) is 10.8 Å². The zero-order chi connectivity index (χ0) is 17.5. The molecule has 142 valence electrons. The maximum atomic E-state index is 11.5. The smallest absolute Gasteiger partial charge is 0.143 e.